The van der Waals surface area contributed by atoms with Gasteiger partial charge in [-0.3, -0.25) is 9.59 Å². The van der Waals surface area contributed by atoms with Gasteiger partial charge in [0.05, 0.1) is 0 Å². The van der Waals surface area contributed by atoms with E-state index in [9.17, 15) is 14.4 Å². The third-order valence-electron chi connectivity index (χ3n) is 2.76. The number of carbonyl (C=O) groups is 3. The van der Waals surface area contributed by atoms with Crippen LogP contribution in [0.2, 0.25) is 0 Å². The molecular weight excluding hydrogens is 264 g/mol. The lowest BCUT2D eigenvalue weighted by Crippen LogP contribution is -2.31. The second-order valence-electron chi connectivity index (χ2n) is 4.82. The van der Waals surface area contributed by atoms with E-state index in [-0.39, 0.29) is 18.2 Å². The minimum Gasteiger partial charge on any atom is -0.463 e. The fourth-order valence-corrected chi connectivity index (χ4v) is 2.13. The minimum atomic E-state index is -0.453. The Bertz CT molecular complexity index is 400. The molecule has 0 aromatic carbocycles. The number of hydrogen-bond acceptors (Lipinski definition) is 6. The molecule has 0 aromatic heterocycles. The maximum atomic E-state index is 11.2. The summed E-state index contributed by atoms with van der Waals surface area (Å²) in [6.07, 6.45) is 3.32. The van der Waals surface area contributed by atoms with E-state index in [2.05, 4.69) is 0 Å². The molecule has 0 aromatic rings. The molecule has 0 saturated heterocycles. The third-order valence-corrected chi connectivity index (χ3v) is 2.76. The zero-order valence-corrected chi connectivity index (χ0v) is 12.0. The van der Waals surface area contributed by atoms with Crippen LogP contribution >= 0.6 is 0 Å². The zero-order chi connectivity index (χ0) is 15.1. The topological polar surface area (TPSA) is 78.9 Å². The highest BCUT2D eigenvalue weighted by atomic mass is 16.6. The average molecular weight is 284 g/mol. The summed E-state index contributed by atoms with van der Waals surface area (Å²) in [4.78, 5) is 33.2. The van der Waals surface area contributed by atoms with Crippen molar-refractivity contribution in [1.82, 2.24) is 0 Å². The Labute approximate surface area is 118 Å². The van der Waals surface area contributed by atoms with Crippen LogP contribution in [-0.2, 0) is 28.6 Å². The van der Waals surface area contributed by atoms with E-state index >= 15 is 0 Å². The molecule has 6 nitrogen and oxygen atoms in total. The molecule has 0 spiro atoms. The van der Waals surface area contributed by atoms with E-state index in [0.29, 0.717) is 19.3 Å². The van der Waals surface area contributed by atoms with Crippen molar-refractivity contribution in [1.29, 1.82) is 0 Å². The molecule has 0 bridgehead atoms. The summed E-state index contributed by atoms with van der Waals surface area (Å²) in [5.41, 5.74) is 0. The van der Waals surface area contributed by atoms with Gasteiger partial charge < -0.3 is 14.2 Å². The first-order valence-electron chi connectivity index (χ1n) is 6.58. The van der Waals surface area contributed by atoms with Crippen LogP contribution in [0.15, 0.2) is 12.2 Å². The summed E-state index contributed by atoms with van der Waals surface area (Å²) in [6, 6.07) is 0. The number of esters is 3. The molecule has 0 N–H and O–H groups in total. The lowest BCUT2D eigenvalue weighted by molar-refractivity contribution is -0.155. The predicted molar refractivity (Wildman–Crippen MR) is 69.7 cm³/mol. The van der Waals surface area contributed by atoms with Crippen LogP contribution in [0.1, 0.15) is 40.0 Å². The summed E-state index contributed by atoms with van der Waals surface area (Å²) in [6.45, 7) is 4.37. The maximum Gasteiger partial charge on any atom is 0.330 e. The van der Waals surface area contributed by atoms with Crippen LogP contribution in [0.5, 0.6) is 0 Å². The van der Waals surface area contributed by atoms with Crippen molar-refractivity contribution in [3.8, 4) is 0 Å². The Hall–Kier alpha value is -1.85. The Morgan fingerprint density at radius 3 is 2.55 bits per heavy atom. The van der Waals surface area contributed by atoms with Crippen LogP contribution in [0.3, 0.4) is 0 Å². The van der Waals surface area contributed by atoms with Gasteiger partial charge in [-0.1, -0.05) is 6.08 Å². The Kier molecular flexibility index (Phi) is 6.21. The largest absolute Gasteiger partial charge is 0.463 e. The van der Waals surface area contributed by atoms with Crippen molar-refractivity contribution in [2.75, 3.05) is 0 Å². The highest BCUT2D eigenvalue weighted by Gasteiger charge is 2.25. The van der Waals surface area contributed by atoms with Gasteiger partial charge in [0.2, 0.25) is 0 Å². The second-order valence-corrected chi connectivity index (χ2v) is 4.82. The minimum absolute atomic E-state index is 0.318. The smallest absolute Gasteiger partial charge is 0.330 e. The molecule has 112 valence electrons. The predicted octanol–water partition coefficient (Wildman–Crippen LogP) is 1.52. The van der Waals surface area contributed by atoms with Gasteiger partial charge in [0.1, 0.15) is 18.3 Å². The van der Waals surface area contributed by atoms with Crippen molar-refractivity contribution < 1.29 is 28.6 Å². The molecule has 20 heavy (non-hydrogen) atoms. The van der Waals surface area contributed by atoms with Gasteiger partial charge >= 0.3 is 17.9 Å². The van der Waals surface area contributed by atoms with E-state index < -0.39 is 18.0 Å². The van der Waals surface area contributed by atoms with Gasteiger partial charge in [0.15, 0.2) is 0 Å². The highest BCUT2D eigenvalue weighted by Crippen LogP contribution is 2.19. The van der Waals surface area contributed by atoms with E-state index in [1.165, 1.54) is 19.9 Å². The quantitative estimate of drug-likeness (QED) is 0.543. The molecule has 6 heteroatoms. The number of ether oxygens (including phenoxy) is 3. The maximum absolute atomic E-state index is 11.2. The van der Waals surface area contributed by atoms with Crippen molar-refractivity contribution >= 4 is 17.9 Å². The Morgan fingerprint density at radius 2 is 2.00 bits per heavy atom. The number of hydrogen-bond donors (Lipinski definition) is 0. The van der Waals surface area contributed by atoms with E-state index in [1.54, 1.807) is 13.0 Å². The number of carbonyl (C=O) groups excluding carboxylic acids is 3. The molecule has 0 unspecified atom stereocenters. The molecule has 0 radical (unpaired) electrons. The summed E-state index contributed by atoms with van der Waals surface area (Å²) < 4.78 is 15.4. The first-order valence-corrected chi connectivity index (χ1v) is 6.58. The lowest BCUT2D eigenvalue weighted by atomic mass is 10.0. The van der Waals surface area contributed by atoms with Crippen molar-refractivity contribution in [2.45, 2.75) is 58.3 Å². The fourth-order valence-electron chi connectivity index (χ4n) is 2.13. The molecule has 1 rings (SSSR count). The summed E-state index contributed by atoms with van der Waals surface area (Å²) in [5.74, 6) is -1.19. The summed E-state index contributed by atoms with van der Waals surface area (Å²) in [5, 5.41) is 0. The molecule has 0 aliphatic carbocycles. The molecular formula is C14H20O6. The monoisotopic (exact) mass is 284 g/mol. The van der Waals surface area contributed by atoms with Crippen LogP contribution in [0, 0.1) is 0 Å². The number of rotatable bonds is 6. The fraction of sp³-hybridized carbons (Fsp3) is 0.643. The van der Waals surface area contributed by atoms with Crippen molar-refractivity contribution in [3.05, 3.63) is 12.2 Å². The van der Waals surface area contributed by atoms with Gasteiger partial charge in [-0.25, -0.2) is 4.79 Å². The standard InChI is InChI=1S/C14H20O6/c1-9(18-10(2)15)7-13(19-11(3)16)8-12-5-4-6-14(17)20-12/h4,6,9,12-13H,5,7-8H2,1-3H3/t9-,12+,13-/m1/s1. The normalized spacial score (nSPS) is 20.8. The molecule has 0 fully saturated rings. The van der Waals surface area contributed by atoms with Crippen molar-refractivity contribution in [3.63, 3.8) is 0 Å². The van der Waals surface area contributed by atoms with Gasteiger partial charge in [-0.05, 0) is 6.92 Å². The molecule has 1 aliphatic rings. The Morgan fingerprint density at radius 1 is 1.35 bits per heavy atom. The summed E-state index contributed by atoms with van der Waals surface area (Å²) >= 11 is 0. The van der Waals surface area contributed by atoms with Gasteiger partial charge in [-0.2, -0.15) is 0 Å². The van der Waals surface area contributed by atoms with Crippen molar-refractivity contribution in [2.24, 2.45) is 0 Å². The number of cyclic esters (lactones) is 1. The molecule has 1 heterocycles. The van der Waals surface area contributed by atoms with E-state index in [1.807, 2.05) is 0 Å². The molecule has 3 atom stereocenters. The third kappa shape index (κ3) is 6.36. The zero-order valence-electron chi connectivity index (χ0n) is 12.0. The highest BCUT2D eigenvalue weighted by molar-refractivity contribution is 5.82. The van der Waals surface area contributed by atoms with Crippen LogP contribution in [-0.4, -0.2) is 36.2 Å². The molecule has 0 saturated carbocycles. The SMILES string of the molecule is CC(=O)O[C@@H](C[C@@H]1CC=CC(=O)O1)C[C@@H](C)OC(C)=O. The molecule has 0 amide bonds. The van der Waals surface area contributed by atoms with Crippen LogP contribution in [0.4, 0.5) is 0 Å². The van der Waals surface area contributed by atoms with E-state index in [0.717, 1.165) is 0 Å². The summed E-state index contributed by atoms with van der Waals surface area (Å²) in [7, 11) is 0. The van der Waals surface area contributed by atoms with Crippen LogP contribution in [0.25, 0.3) is 0 Å². The second kappa shape index (κ2) is 7.67. The first-order chi connectivity index (χ1) is 9.36. The first kappa shape index (κ1) is 16.2. The average Bonchev–Trinajstić information content (AvgIpc) is 2.26. The molecule has 1 aliphatic heterocycles. The lowest BCUT2D eigenvalue weighted by Gasteiger charge is -2.25. The van der Waals surface area contributed by atoms with Gasteiger partial charge in [0, 0.05) is 39.2 Å². The van der Waals surface area contributed by atoms with Crippen LogP contribution < -0.4 is 0 Å². The Balaban J connectivity index is 2.55. The van der Waals surface area contributed by atoms with Gasteiger partial charge in [-0.15, -0.1) is 0 Å². The van der Waals surface area contributed by atoms with E-state index in [4.69, 9.17) is 14.2 Å². The van der Waals surface area contributed by atoms with Gasteiger partial charge in [0.25, 0.3) is 0 Å².